The molecule has 0 spiro atoms. The molecule has 0 saturated carbocycles. The number of para-hydroxylation sites is 1. The number of aromatic amines is 1. The van der Waals surface area contributed by atoms with Gasteiger partial charge in [0.15, 0.2) is 0 Å². The highest BCUT2D eigenvalue weighted by molar-refractivity contribution is 5.37. The Labute approximate surface area is 142 Å². The van der Waals surface area contributed by atoms with Gasteiger partial charge < -0.3 is 0 Å². The number of nitrogens with one attached hydrogen (secondary N) is 1. The van der Waals surface area contributed by atoms with Gasteiger partial charge in [0.25, 0.3) is 0 Å². The third-order valence-corrected chi connectivity index (χ3v) is 5.00. The zero-order chi connectivity index (χ0) is 16.5. The van der Waals surface area contributed by atoms with E-state index in [2.05, 4.69) is 57.9 Å². The number of fused-ring (bicyclic) bond motifs is 1. The molecule has 5 nitrogen and oxygen atoms in total. The number of aromatic nitrogens is 4. The van der Waals surface area contributed by atoms with E-state index in [9.17, 15) is 0 Å². The standard InChI is InChI=1S/C19H23N5/c1-14-18(15(2)24(22-14)17-6-4-3-5-7-17)8-10-23-11-9-19-16(13-23)12-20-21-19/h3-7,12H,8-11,13H2,1-2H3,(H,20,21). The van der Waals surface area contributed by atoms with Gasteiger partial charge in [0, 0.05) is 43.0 Å². The van der Waals surface area contributed by atoms with Gasteiger partial charge in [0.2, 0.25) is 0 Å². The number of H-pyrrole nitrogens is 1. The molecular weight excluding hydrogens is 298 g/mol. The summed E-state index contributed by atoms with van der Waals surface area (Å²) in [5.74, 6) is 0. The van der Waals surface area contributed by atoms with Crippen molar-refractivity contribution in [2.45, 2.75) is 33.2 Å². The van der Waals surface area contributed by atoms with Crippen molar-refractivity contribution in [2.24, 2.45) is 0 Å². The maximum Gasteiger partial charge on any atom is 0.0648 e. The maximum atomic E-state index is 4.75. The van der Waals surface area contributed by atoms with Crippen molar-refractivity contribution >= 4 is 0 Å². The lowest BCUT2D eigenvalue weighted by atomic mass is 10.1. The average Bonchev–Trinajstić information content (AvgIpc) is 3.18. The first-order chi connectivity index (χ1) is 11.7. The Morgan fingerprint density at radius 2 is 2.00 bits per heavy atom. The highest BCUT2D eigenvalue weighted by Gasteiger charge is 2.19. The first-order valence-electron chi connectivity index (χ1n) is 8.56. The van der Waals surface area contributed by atoms with E-state index in [0.29, 0.717) is 0 Å². The Kier molecular flexibility index (Phi) is 3.94. The van der Waals surface area contributed by atoms with Gasteiger partial charge in [-0.05, 0) is 38.0 Å². The van der Waals surface area contributed by atoms with Crippen LogP contribution in [0.25, 0.3) is 5.69 Å². The molecule has 0 unspecified atom stereocenters. The largest absolute Gasteiger partial charge is 0.298 e. The van der Waals surface area contributed by atoms with E-state index in [4.69, 9.17) is 5.10 Å². The van der Waals surface area contributed by atoms with Crippen molar-refractivity contribution < 1.29 is 0 Å². The van der Waals surface area contributed by atoms with Crippen molar-refractivity contribution in [2.75, 3.05) is 13.1 Å². The van der Waals surface area contributed by atoms with E-state index >= 15 is 0 Å². The molecule has 24 heavy (non-hydrogen) atoms. The fourth-order valence-corrected chi connectivity index (χ4v) is 3.60. The molecule has 0 fully saturated rings. The molecular formula is C19H23N5. The van der Waals surface area contributed by atoms with Gasteiger partial charge in [-0.1, -0.05) is 18.2 Å². The van der Waals surface area contributed by atoms with Crippen LogP contribution in [-0.2, 0) is 19.4 Å². The molecule has 3 aromatic rings. The molecule has 3 heterocycles. The summed E-state index contributed by atoms with van der Waals surface area (Å²) in [5, 5.41) is 12.0. The van der Waals surface area contributed by atoms with Crippen LogP contribution in [0.5, 0.6) is 0 Å². The monoisotopic (exact) mass is 321 g/mol. The second kappa shape index (κ2) is 6.24. The number of hydrogen-bond acceptors (Lipinski definition) is 3. The molecule has 1 aromatic carbocycles. The highest BCUT2D eigenvalue weighted by atomic mass is 15.3. The first kappa shape index (κ1) is 15.1. The summed E-state index contributed by atoms with van der Waals surface area (Å²) >= 11 is 0. The summed E-state index contributed by atoms with van der Waals surface area (Å²) in [6.45, 7) is 7.45. The molecule has 1 aliphatic rings. The molecule has 0 atom stereocenters. The van der Waals surface area contributed by atoms with Crippen LogP contribution in [0.15, 0.2) is 36.5 Å². The van der Waals surface area contributed by atoms with E-state index in [1.54, 1.807) is 0 Å². The predicted molar refractivity (Wildman–Crippen MR) is 94.3 cm³/mol. The third-order valence-electron chi connectivity index (χ3n) is 5.00. The normalized spacial score (nSPS) is 14.8. The Hall–Kier alpha value is -2.40. The number of rotatable bonds is 4. The van der Waals surface area contributed by atoms with Crippen molar-refractivity contribution in [3.8, 4) is 5.69 Å². The fraction of sp³-hybridized carbons (Fsp3) is 0.368. The molecule has 5 heteroatoms. The predicted octanol–water partition coefficient (Wildman–Crippen LogP) is 2.81. The summed E-state index contributed by atoms with van der Waals surface area (Å²) in [4.78, 5) is 2.51. The van der Waals surface area contributed by atoms with Crippen LogP contribution in [0.4, 0.5) is 0 Å². The van der Waals surface area contributed by atoms with E-state index in [1.165, 1.54) is 22.5 Å². The Bertz CT molecular complexity index is 831. The minimum atomic E-state index is 0.997. The highest BCUT2D eigenvalue weighted by Crippen LogP contribution is 2.20. The van der Waals surface area contributed by atoms with Crippen molar-refractivity contribution in [1.29, 1.82) is 0 Å². The quantitative estimate of drug-likeness (QED) is 0.804. The van der Waals surface area contributed by atoms with Crippen molar-refractivity contribution in [3.63, 3.8) is 0 Å². The van der Waals surface area contributed by atoms with Crippen LogP contribution in [0.1, 0.15) is 28.2 Å². The van der Waals surface area contributed by atoms with Crippen LogP contribution >= 0.6 is 0 Å². The molecule has 2 aromatic heterocycles. The smallest absolute Gasteiger partial charge is 0.0648 e. The topological polar surface area (TPSA) is 49.7 Å². The Morgan fingerprint density at radius 1 is 1.17 bits per heavy atom. The van der Waals surface area contributed by atoms with Crippen LogP contribution in [0.2, 0.25) is 0 Å². The second-order valence-corrected chi connectivity index (χ2v) is 6.55. The molecule has 0 saturated heterocycles. The van der Waals surface area contributed by atoms with Gasteiger partial charge in [0.1, 0.15) is 0 Å². The van der Waals surface area contributed by atoms with Crippen LogP contribution in [0.3, 0.4) is 0 Å². The summed E-state index contributed by atoms with van der Waals surface area (Å²) in [5.41, 5.74) is 7.53. The van der Waals surface area contributed by atoms with Gasteiger partial charge in [-0.3, -0.25) is 10.00 Å². The second-order valence-electron chi connectivity index (χ2n) is 6.55. The van der Waals surface area contributed by atoms with Crippen molar-refractivity contribution in [1.82, 2.24) is 24.9 Å². The zero-order valence-electron chi connectivity index (χ0n) is 14.3. The molecule has 124 valence electrons. The van der Waals surface area contributed by atoms with Gasteiger partial charge in [-0.15, -0.1) is 0 Å². The molecule has 1 aliphatic heterocycles. The van der Waals surface area contributed by atoms with E-state index in [0.717, 1.165) is 43.9 Å². The zero-order valence-corrected chi connectivity index (χ0v) is 14.3. The molecule has 0 bridgehead atoms. The summed E-state index contributed by atoms with van der Waals surface area (Å²) in [6.07, 6.45) is 4.07. The lowest BCUT2D eigenvalue weighted by Crippen LogP contribution is -2.32. The molecule has 0 radical (unpaired) electrons. The van der Waals surface area contributed by atoms with Crippen LogP contribution in [0, 0.1) is 13.8 Å². The molecule has 4 rings (SSSR count). The summed E-state index contributed by atoms with van der Waals surface area (Å²) in [7, 11) is 0. The maximum absolute atomic E-state index is 4.75. The molecule has 1 N–H and O–H groups in total. The van der Waals surface area contributed by atoms with Gasteiger partial charge in [-0.2, -0.15) is 10.2 Å². The van der Waals surface area contributed by atoms with E-state index < -0.39 is 0 Å². The van der Waals surface area contributed by atoms with Crippen LogP contribution in [-0.4, -0.2) is 38.0 Å². The Balaban J connectivity index is 1.49. The van der Waals surface area contributed by atoms with Crippen LogP contribution < -0.4 is 0 Å². The van der Waals surface area contributed by atoms with Gasteiger partial charge >= 0.3 is 0 Å². The van der Waals surface area contributed by atoms with E-state index in [1.807, 2.05) is 12.3 Å². The molecule has 0 aliphatic carbocycles. The number of hydrogen-bond donors (Lipinski definition) is 1. The Morgan fingerprint density at radius 3 is 2.83 bits per heavy atom. The van der Waals surface area contributed by atoms with Gasteiger partial charge in [-0.25, -0.2) is 4.68 Å². The first-order valence-corrected chi connectivity index (χ1v) is 8.56. The van der Waals surface area contributed by atoms with E-state index in [-0.39, 0.29) is 0 Å². The number of benzene rings is 1. The van der Waals surface area contributed by atoms with Crippen molar-refractivity contribution in [3.05, 3.63) is 64.7 Å². The minimum Gasteiger partial charge on any atom is -0.298 e. The average molecular weight is 321 g/mol. The lowest BCUT2D eigenvalue weighted by Gasteiger charge is -2.26. The molecule has 0 amide bonds. The minimum absolute atomic E-state index is 0.997. The lowest BCUT2D eigenvalue weighted by molar-refractivity contribution is 0.256. The number of aryl methyl sites for hydroxylation is 1. The fourth-order valence-electron chi connectivity index (χ4n) is 3.60. The third kappa shape index (κ3) is 2.76. The van der Waals surface area contributed by atoms with Gasteiger partial charge in [0.05, 0.1) is 17.6 Å². The SMILES string of the molecule is Cc1nn(-c2ccccc2)c(C)c1CCN1CCc2[nH]ncc2C1. The summed E-state index contributed by atoms with van der Waals surface area (Å²) < 4.78 is 2.06. The summed E-state index contributed by atoms with van der Waals surface area (Å²) in [6, 6.07) is 10.4. The number of nitrogens with zero attached hydrogens (tertiary/aromatic N) is 4.